The molecule has 2 heterocycles. The second-order valence-electron chi connectivity index (χ2n) is 8.22. The number of hydrogen-bond acceptors (Lipinski definition) is 6. The Morgan fingerprint density at radius 1 is 1.15 bits per heavy atom. The van der Waals surface area contributed by atoms with Crippen molar-refractivity contribution in [1.29, 1.82) is 0 Å². The summed E-state index contributed by atoms with van der Waals surface area (Å²) in [5.74, 6) is 0.291. The molecule has 1 N–H and O–H groups in total. The van der Waals surface area contributed by atoms with Gasteiger partial charge in [0, 0.05) is 30.8 Å². The van der Waals surface area contributed by atoms with Crippen molar-refractivity contribution < 1.29 is 18.5 Å². The van der Waals surface area contributed by atoms with Gasteiger partial charge in [-0.25, -0.2) is 9.37 Å². The normalized spacial score (nSPS) is 14.8. The van der Waals surface area contributed by atoms with E-state index < -0.39 is 4.92 Å². The van der Waals surface area contributed by atoms with Crippen LogP contribution in [-0.4, -0.2) is 40.3 Å². The molecule has 1 fully saturated rings. The summed E-state index contributed by atoms with van der Waals surface area (Å²) in [6.45, 7) is 3.32. The van der Waals surface area contributed by atoms with Crippen molar-refractivity contribution in [2.45, 2.75) is 25.8 Å². The number of non-ortho nitro benzene ring substituents is 1. The van der Waals surface area contributed by atoms with Gasteiger partial charge in [0.1, 0.15) is 5.82 Å². The molecule has 33 heavy (non-hydrogen) atoms. The molecule has 0 saturated carbocycles. The summed E-state index contributed by atoms with van der Waals surface area (Å²) in [5.41, 5.74) is 1.71. The number of rotatable bonds is 8. The number of nitro groups is 1. The van der Waals surface area contributed by atoms with Gasteiger partial charge in [0.05, 0.1) is 11.1 Å². The fraction of sp³-hybridized carbons (Fsp3) is 0.333. The first-order valence-corrected chi connectivity index (χ1v) is 10.9. The zero-order valence-corrected chi connectivity index (χ0v) is 18.1. The number of nitrogens with one attached hydrogen (secondary N) is 1. The van der Waals surface area contributed by atoms with Gasteiger partial charge in [-0.1, -0.05) is 12.1 Å². The summed E-state index contributed by atoms with van der Waals surface area (Å²) < 4.78 is 18.6. The maximum absolute atomic E-state index is 13.0. The second-order valence-corrected chi connectivity index (χ2v) is 8.22. The molecule has 1 aromatic heterocycles. The number of piperidine rings is 1. The number of amides is 1. The quantitative estimate of drug-likeness (QED) is 0.401. The minimum Gasteiger partial charge on any atom is -0.432 e. The Labute approximate surface area is 190 Å². The summed E-state index contributed by atoms with van der Waals surface area (Å²) in [5, 5.41) is 13.6. The van der Waals surface area contributed by atoms with E-state index in [0.29, 0.717) is 23.8 Å². The highest BCUT2D eigenvalue weighted by molar-refractivity contribution is 5.89. The highest BCUT2D eigenvalue weighted by Gasteiger charge is 2.20. The first kappa shape index (κ1) is 22.6. The van der Waals surface area contributed by atoms with Crippen LogP contribution in [0.1, 0.15) is 35.5 Å². The predicted molar refractivity (Wildman–Crippen MR) is 120 cm³/mol. The average molecular weight is 452 g/mol. The first-order valence-electron chi connectivity index (χ1n) is 10.9. The Kier molecular flexibility index (Phi) is 7.09. The maximum atomic E-state index is 13.0. The number of benzene rings is 2. The number of nitrogens with zero attached hydrogens (tertiary/aromatic N) is 3. The topological polar surface area (TPSA) is 102 Å². The molecule has 3 aromatic rings. The third kappa shape index (κ3) is 6.01. The van der Waals surface area contributed by atoms with Crippen molar-refractivity contribution in [3.63, 3.8) is 0 Å². The largest absolute Gasteiger partial charge is 0.432 e. The lowest BCUT2D eigenvalue weighted by molar-refractivity contribution is -0.384. The standard InChI is InChI=1S/C24H25FN4O4/c25-20-5-1-18(2-6-20)16-28-13-10-17(11-14-28)9-12-26-23(30)24-27-15-22(33-24)19-3-7-21(8-4-19)29(31)32/h1-8,15,17H,9-14,16H2,(H,26,30). The molecule has 0 aliphatic carbocycles. The van der Waals surface area contributed by atoms with Crippen molar-refractivity contribution in [1.82, 2.24) is 15.2 Å². The van der Waals surface area contributed by atoms with Crippen LogP contribution in [-0.2, 0) is 6.54 Å². The van der Waals surface area contributed by atoms with Crippen LogP contribution in [0.25, 0.3) is 11.3 Å². The highest BCUT2D eigenvalue weighted by atomic mass is 19.1. The molecule has 0 bridgehead atoms. The third-order valence-corrected chi connectivity index (χ3v) is 5.93. The summed E-state index contributed by atoms with van der Waals surface area (Å²) in [6.07, 6.45) is 4.43. The molecule has 1 aliphatic heterocycles. The number of likely N-dealkylation sites (tertiary alicyclic amines) is 1. The van der Waals surface area contributed by atoms with Gasteiger partial charge >= 0.3 is 5.91 Å². The molecule has 0 atom stereocenters. The monoisotopic (exact) mass is 452 g/mol. The van der Waals surface area contributed by atoms with E-state index >= 15 is 0 Å². The van der Waals surface area contributed by atoms with Crippen molar-refractivity contribution in [3.05, 3.63) is 82.1 Å². The van der Waals surface area contributed by atoms with E-state index in [-0.39, 0.29) is 23.3 Å². The van der Waals surface area contributed by atoms with Gasteiger partial charge in [-0.15, -0.1) is 0 Å². The molecule has 0 unspecified atom stereocenters. The Hall–Kier alpha value is -3.59. The number of carbonyl (C=O) groups excluding carboxylic acids is 1. The molecule has 4 rings (SSSR count). The average Bonchev–Trinajstić information content (AvgIpc) is 3.32. The Bertz CT molecular complexity index is 1090. The van der Waals surface area contributed by atoms with Gasteiger partial charge < -0.3 is 9.73 Å². The summed E-state index contributed by atoms with van der Waals surface area (Å²) in [7, 11) is 0. The van der Waals surface area contributed by atoms with E-state index in [1.54, 1.807) is 12.1 Å². The Balaban J connectivity index is 1.19. The number of oxazole rings is 1. The fourth-order valence-electron chi connectivity index (χ4n) is 4.01. The lowest BCUT2D eigenvalue weighted by atomic mass is 9.93. The Morgan fingerprint density at radius 2 is 1.85 bits per heavy atom. The molecule has 172 valence electrons. The van der Waals surface area contributed by atoms with E-state index in [1.165, 1.54) is 30.5 Å². The van der Waals surface area contributed by atoms with Gasteiger partial charge in [-0.3, -0.25) is 19.8 Å². The minimum atomic E-state index is -0.474. The van der Waals surface area contributed by atoms with Crippen molar-refractivity contribution in [3.8, 4) is 11.3 Å². The lowest BCUT2D eigenvalue weighted by Gasteiger charge is -2.32. The molecule has 1 aliphatic rings. The maximum Gasteiger partial charge on any atom is 0.307 e. The molecular formula is C24H25FN4O4. The van der Waals surface area contributed by atoms with E-state index in [4.69, 9.17) is 4.42 Å². The van der Waals surface area contributed by atoms with E-state index in [0.717, 1.165) is 44.5 Å². The van der Waals surface area contributed by atoms with Gasteiger partial charge in [0.25, 0.3) is 11.6 Å². The zero-order chi connectivity index (χ0) is 23.2. The summed E-state index contributed by atoms with van der Waals surface area (Å²) >= 11 is 0. The van der Waals surface area contributed by atoms with E-state index in [2.05, 4.69) is 15.2 Å². The van der Waals surface area contributed by atoms with Crippen LogP contribution < -0.4 is 5.32 Å². The summed E-state index contributed by atoms with van der Waals surface area (Å²) in [4.78, 5) is 29.0. The molecule has 8 nitrogen and oxygen atoms in total. The smallest absolute Gasteiger partial charge is 0.307 e. The van der Waals surface area contributed by atoms with Crippen LogP contribution in [0.4, 0.5) is 10.1 Å². The molecular weight excluding hydrogens is 427 g/mol. The van der Waals surface area contributed by atoms with Gasteiger partial charge in [-0.2, -0.15) is 0 Å². The molecule has 1 saturated heterocycles. The lowest BCUT2D eigenvalue weighted by Crippen LogP contribution is -2.34. The van der Waals surface area contributed by atoms with Crippen LogP contribution in [0.3, 0.4) is 0 Å². The number of aromatic nitrogens is 1. The number of carbonyl (C=O) groups is 1. The fourth-order valence-corrected chi connectivity index (χ4v) is 4.01. The zero-order valence-electron chi connectivity index (χ0n) is 18.1. The Morgan fingerprint density at radius 3 is 2.52 bits per heavy atom. The van der Waals surface area contributed by atoms with E-state index in [1.807, 2.05) is 12.1 Å². The molecule has 0 radical (unpaired) electrons. The minimum absolute atomic E-state index is 0.0162. The van der Waals surface area contributed by atoms with Crippen molar-refractivity contribution in [2.24, 2.45) is 5.92 Å². The summed E-state index contributed by atoms with van der Waals surface area (Å²) in [6, 6.07) is 12.5. The van der Waals surface area contributed by atoms with Crippen LogP contribution in [0, 0.1) is 21.8 Å². The number of hydrogen-bond donors (Lipinski definition) is 1. The first-order chi connectivity index (χ1) is 16.0. The van der Waals surface area contributed by atoms with Crippen LogP contribution in [0.2, 0.25) is 0 Å². The molecule has 0 spiro atoms. The number of halogens is 1. The van der Waals surface area contributed by atoms with Crippen LogP contribution in [0.5, 0.6) is 0 Å². The third-order valence-electron chi connectivity index (χ3n) is 5.93. The van der Waals surface area contributed by atoms with E-state index in [9.17, 15) is 19.3 Å². The number of nitro benzene ring substituents is 1. The van der Waals surface area contributed by atoms with Gasteiger partial charge in [0.2, 0.25) is 0 Å². The molecule has 2 aromatic carbocycles. The van der Waals surface area contributed by atoms with Gasteiger partial charge in [-0.05, 0) is 68.1 Å². The highest BCUT2D eigenvalue weighted by Crippen LogP contribution is 2.24. The molecule has 9 heteroatoms. The second kappa shape index (κ2) is 10.4. The SMILES string of the molecule is O=C(NCCC1CCN(Cc2ccc(F)cc2)CC1)c1ncc(-c2ccc([N+](=O)[O-])cc2)o1. The van der Waals surface area contributed by atoms with Crippen LogP contribution in [0.15, 0.2) is 59.1 Å². The van der Waals surface area contributed by atoms with Crippen molar-refractivity contribution >= 4 is 11.6 Å². The predicted octanol–water partition coefficient (Wildman–Crippen LogP) is 4.42. The van der Waals surface area contributed by atoms with Crippen molar-refractivity contribution in [2.75, 3.05) is 19.6 Å². The molecule has 1 amide bonds. The van der Waals surface area contributed by atoms with Crippen LogP contribution >= 0.6 is 0 Å². The van der Waals surface area contributed by atoms with Gasteiger partial charge in [0.15, 0.2) is 5.76 Å².